The molecule has 29 heavy (non-hydrogen) atoms. The maximum absolute atomic E-state index is 12.6. The number of carbonyl (C=O) groups excluding carboxylic acids is 1. The number of benzene rings is 2. The zero-order chi connectivity index (χ0) is 20.8. The molecular formula is C23H28Cl2N2O2. The second kappa shape index (κ2) is 10.3. The number of amides is 1. The number of hydrogen-bond acceptors (Lipinski definition) is 3. The van der Waals surface area contributed by atoms with Crippen LogP contribution in [0, 0.1) is 5.92 Å². The van der Waals surface area contributed by atoms with Crippen molar-refractivity contribution in [1.82, 2.24) is 10.2 Å². The number of nitrogens with zero attached hydrogens (tertiary/aromatic N) is 1. The molecule has 1 aliphatic heterocycles. The molecule has 0 aliphatic carbocycles. The van der Waals surface area contributed by atoms with Crippen molar-refractivity contribution >= 4 is 29.1 Å². The molecule has 1 fully saturated rings. The number of nitrogens with one attached hydrogen (secondary N) is 1. The fraction of sp³-hybridized carbons (Fsp3) is 0.435. The smallest absolute Gasteiger partial charge is 0.223 e. The summed E-state index contributed by atoms with van der Waals surface area (Å²) in [5.74, 6) is 1.02. The number of carbonyl (C=O) groups is 1. The summed E-state index contributed by atoms with van der Waals surface area (Å²) >= 11 is 12.3. The number of likely N-dealkylation sites (tertiary alicyclic amines) is 1. The Balaban J connectivity index is 1.45. The van der Waals surface area contributed by atoms with Crippen molar-refractivity contribution in [2.24, 2.45) is 5.92 Å². The van der Waals surface area contributed by atoms with Crippen molar-refractivity contribution in [3.8, 4) is 5.75 Å². The van der Waals surface area contributed by atoms with E-state index in [2.05, 4.69) is 10.2 Å². The van der Waals surface area contributed by atoms with Crippen LogP contribution in [-0.2, 0) is 17.9 Å². The van der Waals surface area contributed by atoms with Crippen LogP contribution < -0.4 is 10.1 Å². The summed E-state index contributed by atoms with van der Waals surface area (Å²) in [4.78, 5) is 14.9. The fourth-order valence-electron chi connectivity index (χ4n) is 3.58. The molecule has 2 aromatic carbocycles. The maximum atomic E-state index is 12.6. The summed E-state index contributed by atoms with van der Waals surface area (Å²) in [5.41, 5.74) is 2.12. The molecule has 3 rings (SSSR count). The first-order chi connectivity index (χ1) is 13.9. The van der Waals surface area contributed by atoms with E-state index in [0.717, 1.165) is 49.4 Å². The topological polar surface area (TPSA) is 41.6 Å². The number of ether oxygens (including phenoxy) is 1. The molecule has 2 aromatic rings. The molecule has 0 bridgehead atoms. The largest absolute Gasteiger partial charge is 0.491 e. The Hall–Kier alpha value is -1.75. The predicted octanol–water partition coefficient (Wildman–Crippen LogP) is 5.31. The van der Waals surface area contributed by atoms with Gasteiger partial charge in [0.05, 0.1) is 6.10 Å². The van der Waals surface area contributed by atoms with Crippen molar-refractivity contribution in [2.75, 3.05) is 13.1 Å². The van der Waals surface area contributed by atoms with Gasteiger partial charge in [-0.3, -0.25) is 9.69 Å². The molecule has 1 amide bonds. The third-order valence-corrected chi connectivity index (χ3v) is 5.69. The van der Waals surface area contributed by atoms with Gasteiger partial charge < -0.3 is 10.1 Å². The van der Waals surface area contributed by atoms with Crippen LogP contribution in [0.1, 0.15) is 37.8 Å². The highest BCUT2D eigenvalue weighted by molar-refractivity contribution is 6.35. The van der Waals surface area contributed by atoms with Crippen LogP contribution in [0.3, 0.4) is 0 Å². The Labute approximate surface area is 183 Å². The first kappa shape index (κ1) is 21.9. The van der Waals surface area contributed by atoms with Gasteiger partial charge in [-0.2, -0.15) is 0 Å². The van der Waals surface area contributed by atoms with Gasteiger partial charge in [0.2, 0.25) is 5.91 Å². The number of hydrogen-bond donors (Lipinski definition) is 1. The Bertz CT molecular complexity index is 833. The van der Waals surface area contributed by atoms with Crippen molar-refractivity contribution in [2.45, 2.75) is 45.9 Å². The standard InChI is InChI=1S/C23H28Cl2N2O2/c1-16(2)29-21-5-3-4-17(12-21)14-26-23(28)18-8-10-27(11-9-18)15-19-6-7-20(24)13-22(19)25/h3-7,12-13,16,18H,8-11,14-15H2,1-2H3,(H,26,28). The molecule has 0 saturated carbocycles. The van der Waals surface area contributed by atoms with E-state index in [1.807, 2.05) is 50.2 Å². The van der Waals surface area contributed by atoms with E-state index in [9.17, 15) is 4.79 Å². The number of piperidine rings is 1. The number of halogens is 2. The Morgan fingerprint density at radius 3 is 2.62 bits per heavy atom. The molecule has 0 radical (unpaired) electrons. The lowest BCUT2D eigenvalue weighted by molar-refractivity contribution is -0.126. The highest BCUT2D eigenvalue weighted by atomic mass is 35.5. The van der Waals surface area contributed by atoms with Gasteiger partial charge in [-0.15, -0.1) is 0 Å². The Morgan fingerprint density at radius 2 is 1.93 bits per heavy atom. The van der Waals surface area contributed by atoms with Gasteiger partial charge in [0.1, 0.15) is 5.75 Å². The zero-order valence-corrected chi connectivity index (χ0v) is 18.5. The molecule has 156 valence electrons. The Morgan fingerprint density at radius 1 is 1.17 bits per heavy atom. The van der Waals surface area contributed by atoms with E-state index in [-0.39, 0.29) is 17.9 Å². The monoisotopic (exact) mass is 434 g/mol. The van der Waals surface area contributed by atoms with E-state index in [1.165, 1.54) is 0 Å². The number of rotatable bonds is 7. The van der Waals surface area contributed by atoms with Crippen molar-refractivity contribution in [1.29, 1.82) is 0 Å². The van der Waals surface area contributed by atoms with Crippen molar-refractivity contribution in [3.05, 3.63) is 63.6 Å². The molecule has 6 heteroatoms. The highest BCUT2D eigenvalue weighted by Crippen LogP contribution is 2.25. The lowest BCUT2D eigenvalue weighted by Gasteiger charge is -2.31. The summed E-state index contributed by atoms with van der Waals surface area (Å²) in [5, 5.41) is 4.42. The summed E-state index contributed by atoms with van der Waals surface area (Å²) in [6.07, 6.45) is 1.84. The molecule has 0 spiro atoms. The summed E-state index contributed by atoms with van der Waals surface area (Å²) < 4.78 is 5.72. The van der Waals surface area contributed by atoms with Gasteiger partial charge >= 0.3 is 0 Å². The van der Waals surface area contributed by atoms with E-state index in [0.29, 0.717) is 16.6 Å². The third kappa shape index (κ3) is 6.63. The summed E-state index contributed by atoms with van der Waals surface area (Å²) in [6, 6.07) is 13.5. The second-order valence-electron chi connectivity index (χ2n) is 7.82. The summed E-state index contributed by atoms with van der Waals surface area (Å²) in [6.45, 7) is 7.08. The van der Waals surface area contributed by atoms with Crippen LogP contribution in [0.15, 0.2) is 42.5 Å². The lowest BCUT2D eigenvalue weighted by Crippen LogP contribution is -2.40. The predicted molar refractivity (Wildman–Crippen MR) is 119 cm³/mol. The first-order valence-corrected chi connectivity index (χ1v) is 10.9. The van der Waals surface area contributed by atoms with Crippen LogP contribution in [0.5, 0.6) is 5.75 Å². The van der Waals surface area contributed by atoms with Gasteiger partial charge in [0, 0.05) is 29.1 Å². The van der Waals surface area contributed by atoms with Gasteiger partial charge in [-0.25, -0.2) is 0 Å². The SMILES string of the molecule is CC(C)Oc1cccc(CNC(=O)C2CCN(Cc3ccc(Cl)cc3Cl)CC2)c1. The van der Waals surface area contributed by atoms with E-state index < -0.39 is 0 Å². The maximum Gasteiger partial charge on any atom is 0.223 e. The average Bonchev–Trinajstić information content (AvgIpc) is 2.68. The minimum Gasteiger partial charge on any atom is -0.491 e. The summed E-state index contributed by atoms with van der Waals surface area (Å²) in [7, 11) is 0. The molecule has 1 aliphatic rings. The van der Waals surface area contributed by atoms with Crippen molar-refractivity contribution in [3.63, 3.8) is 0 Å². The van der Waals surface area contributed by atoms with Crippen LogP contribution in [0.25, 0.3) is 0 Å². The highest BCUT2D eigenvalue weighted by Gasteiger charge is 2.25. The van der Waals surface area contributed by atoms with Crippen molar-refractivity contribution < 1.29 is 9.53 Å². The van der Waals surface area contributed by atoms with Crippen LogP contribution in [0.4, 0.5) is 0 Å². The molecule has 0 atom stereocenters. The Kier molecular flexibility index (Phi) is 7.82. The molecular weight excluding hydrogens is 407 g/mol. The molecule has 0 aromatic heterocycles. The first-order valence-electron chi connectivity index (χ1n) is 10.1. The molecule has 1 N–H and O–H groups in total. The average molecular weight is 435 g/mol. The van der Waals surface area contributed by atoms with Crippen LogP contribution in [0.2, 0.25) is 10.0 Å². The van der Waals surface area contributed by atoms with Crippen LogP contribution >= 0.6 is 23.2 Å². The van der Waals surface area contributed by atoms with Gasteiger partial charge in [0.25, 0.3) is 0 Å². The van der Waals surface area contributed by atoms with Crippen LogP contribution in [-0.4, -0.2) is 30.0 Å². The molecule has 4 nitrogen and oxygen atoms in total. The van der Waals surface area contributed by atoms with E-state index >= 15 is 0 Å². The van der Waals surface area contributed by atoms with Gasteiger partial charge in [0.15, 0.2) is 0 Å². The lowest BCUT2D eigenvalue weighted by atomic mass is 9.95. The minimum absolute atomic E-state index is 0.0574. The second-order valence-corrected chi connectivity index (χ2v) is 8.66. The molecule has 1 heterocycles. The molecule has 1 saturated heterocycles. The molecule has 0 unspecified atom stereocenters. The van der Waals surface area contributed by atoms with Gasteiger partial charge in [-0.1, -0.05) is 41.4 Å². The fourth-order valence-corrected chi connectivity index (χ4v) is 4.05. The normalized spacial score (nSPS) is 15.5. The quantitative estimate of drug-likeness (QED) is 0.641. The zero-order valence-electron chi connectivity index (χ0n) is 17.0. The van der Waals surface area contributed by atoms with E-state index in [1.54, 1.807) is 6.07 Å². The van der Waals surface area contributed by atoms with Gasteiger partial charge in [-0.05, 0) is 75.2 Å². The third-order valence-electron chi connectivity index (χ3n) is 5.10. The minimum atomic E-state index is 0.0574. The van der Waals surface area contributed by atoms with E-state index in [4.69, 9.17) is 27.9 Å².